The highest BCUT2D eigenvalue weighted by atomic mass is 19.4. The number of carbonyl (C=O) groups excluding carboxylic acids is 3. The number of piperidine rings is 1. The lowest BCUT2D eigenvalue weighted by molar-refractivity contribution is -0.138. The van der Waals surface area contributed by atoms with E-state index in [1.165, 1.54) is 11.0 Å². The first kappa shape index (κ1) is 27.9. The number of carbonyl (C=O) groups is 3. The molecule has 36 heavy (non-hydrogen) atoms. The van der Waals surface area contributed by atoms with Crippen molar-refractivity contribution < 1.29 is 36.7 Å². The maximum atomic E-state index is 13.1. The van der Waals surface area contributed by atoms with Crippen molar-refractivity contribution in [1.82, 2.24) is 9.80 Å². The third kappa shape index (κ3) is 7.43. The molecule has 0 saturated carbocycles. The van der Waals surface area contributed by atoms with Gasteiger partial charge in [-0.1, -0.05) is 6.07 Å². The molecule has 2 aliphatic rings. The number of ketones is 1. The van der Waals surface area contributed by atoms with Crippen molar-refractivity contribution in [1.29, 1.82) is 0 Å². The number of halogens is 4. The van der Waals surface area contributed by atoms with Crippen molar-refractivity contribution in [2.75, 3.05) is 19.6 Å². The van der Waals surface area contributed by atoms with E-state index in [0.29, 0.717) is 38.9 Å². The molecule has 6 nitrogen and oxygen atoms in total. The van der Waals surface area contributed by atoms with Crippen LogP contribution in [0.25, 0.3) is 0 Å². The summed E-state index contributed by atoms with van der Waals surface area (Å²) >= 11 is 0. The zero-order valence-corrected chi connectivity index (χ0v) is 21.0. The third-order valence-electron chi connectivity index (χ3n) is 6.54. The van der Waals surface area contributed by atoms with E-state index in [9.17, 15) is 31.9 Å². The van der Waals surface area contributed by atoms with E-state index in [-0.39, 0.29) is 41.6 Å². The predicted octanol–water partition coefficient (Wildman–Crippen LogP) is 5.31. The minimum Gasteiger partial charge on any atom is -0.444 e. The highest BCUT2D eigenvalue weighted by Crippen LogP contribution is 2.32. The summed E-state index contributed by atoms with van der Waals surface area (Å²) in [5.41, 5.74) is -1.57. The van der Waals surface area contributed by atoms with Crippen molar-refractivity contribution in [3.05, 3.63) is 34.9 Å². The molecule has 2 saturated heterocycles. The van der Waals surface area contributed by atoms with E-state index in [1.54, 1.807) is 25.7 Å². The van der Waals surface area contributed by atoms with Crippen molar-refractivity contribution in [2.45, 2.75) is 83.8 Å². The fourth-order valence-electron chi connectivity index (χ4n) is 4.86. The highest BCUT2D eigenvalue weighted by Gasteiger charge is 2.39. The second-order valence-corrected chi connectivity index (χ2v) is 10.7. The molecule has 0 aliphatic carbocycles. The summed E-state index contributed by atoms with van der Waals surface area (Å²) in [5, 5.41) is 0. The van der Waals surface area contributed by atoms with E-state index in [0.717, 1.165) is 18.6 Å². The molecule has 2 heterocycles. The van der Waals surface area contributed by atoms with Crippen molar-refractivity contribution in [3.63, 3.8) is 0 Å². The molecule has 200 valence electrons. The van der Waals surface area contributed by atoms with Gasteiger partial charge in [0.1, 0.15) is 24.1 Å². The zero-order valence-electron chi connectivity index (χ0n) is 21.0. The Morgan fingerprint density at radius 3 is 2.19 bits per heavy atom. The molecule has 0 aromatic heterocycles. The Hall–Kier alpha value is -2.65. The van der Waals surface area contributed by atoms with Crippen LogP contribution in [0.1, 0.15) is 69.6 Å². The molecular weight excluding hydrogens is 480 g/mol. The second kappa shape index (κ2) is 11.2. The molecule has 10 heteroatoms. The summed E-state index contributed by atoms with van der Waals surface area (Å²) in [6, 6.07) is 2.40. The van der Waals surface area contributed by atoms with Gasteiger partial charge in [0.2, 0.25) is 5.91 Å². The molecule has 3 rings (SSSR count). The highest BCUT2D eigenvalue weighted by molar-refractivity contribution is 5.86. The smallest absolute Gasteiger partial charge is 0.416 e. The van der Waals surface area contributed by atoms with E-state index < -0.39 is 36.2 Å². The first-order valence-corrected chi connectivity index (χ1v) is 12.3. The number of ether oxygens (including phenoxy) is 1. The monoisotopic (exact) mass is 514 g/mol. The Labute approximate surface area is 208 Å². The van der Waals surface area contributed by atoms with Gasteiger partial charge in [0.25, 0.3) is 0 Å². The SMILES string of the molecule is CC(C)(C)OC(=O)N1CCC[C@@H]1C(=O)N1CCC(CC(=O)Cc2cc(CF)cc(C(F)(F)F)c2)CC1. The van der Waals surface area contributed by atoms with Gasteiger partial charge in [-0.25, -0.2) is 9.18 Å². The number of nitrogens with zero attached hydrogens (tertiary/aromatic N) is 2. The lowest BCUT2D eigenvalue weighted by atomic mass is 9.89. The summed E-state index contributed by atoms with van der Waals surface area (Å²) < 4.78 is 57.7. The summed E-state index contributed by atoms with van der Waals surface area (Å²) in [6.45, 7) is 5.65. The minimum atomic E-state index is -4.61. The van der Waals surface area contributed by atoms with Gasteiger partial charge < -0.3 is 9.64 Å². The summed E-state index contributed by atoms with van der Waals surface area (Å²) in [5.74, 6) is -0.319. The molecule has 0 N–H and O–H groups in total. The van der Waals surface area contributed by atoms with Crippen molar-refractivity contribution in [3.8, 4) is 0 Å². The summed E-state index contributed by atoms with van der Waals surface area (Å²) in [4.78, 5) is 41.4. The summed E-state index contributed by atoms with van der Waals surface area (Å²) in [6.07, 6.45) is -2.62. The predicted molar refractivity (Wildman–Crippen MR) is 125 cm³/mol. The van der Waals surface area contributed by atoms with E-state index in [4.69, 9.17) is 4.74 Å². The molecule has 2 amide bonds. The molecule has 0 spiro atoms. The van der Waals surface area contributed by atoms with E-state index in [1.807, 2.05) is 0 Å². The van der Waals surface area contributed by atoms with Gasteiger partial charge in [0, 0.05) is 32.5 Å². The van der Waals surface area contributed by atoms with Gasteiger partial charge in [0.15, 0.2) is 0 Å². The Kier molecular flexibility index (Phi) is 8.67. The van der Waals surface area contributed by atoms with Crippen LogP contribution in [0.2, 0.25) is 0 Å². The topological polar surface area (TPSA) is 66.9 Å². The van der Waals surface area contributed by atoms with Gasteiger partial charge in [-0.2, -0.15) is 13.2 Å². The molecule has 1 atom stereocenters. The third-order valence-corrected chi connectivity index (χ3v) is 6.54. The van der Waals surface area contributed by atoms with Crippen LogP contribution in [0.15, 0.2) is 18.2 Å². The second-order valence-electron chi connectivity index (χ2n) is 10.7. The van der Waals surface area contributed by atoms with Gasteiger partial charge in [0.05, 0.1) is 5.56 Å². The maximum absolute atomic E-state index is 13.1. The average Bonchev–Trinajstić information content (AvgIpc) is 3.27. The van der Waals surface area contributed by atoms with Crippen molar-refractivity contribution >= 4 is 17.8 Å². The lowest BCUT2D eigenvalue weighted by Gasteiger charge is -2.35. The largest absolute Gasteiger partial charge is 0.444 e. The zero-order chi connectivity index (χ0) is 26.7. The van der Waals surface area contributed by atoms with Crippen LogP contribution >= 0.6 is 0 Å². The molecule has 0 bridgehead atoms. The lowest BCUT2D eigenvalue weighted by Crippen LogP contribution is -2.51. The molecule has 1 aromatic carbocycles. The van der Waals surface area contributed by atoms with Crippen LogP contribution in [0.3, 0.4) is 0 Å². The number of rotatable bonds is 6. The molecule has 0 radical (unpaired) electrons. The number of hydrogen-bond donors (Lipinski definition) is 0. The molecule has 1 aromatic rings. The first-order valence-electron chi connectivity index (χ1n) is 12.3. The molecule has 0 unspecified atom stereocenters. The molecule has 2 fully saturated rings. The summed E-state index contributed by atoms with van der Waals surface area (Å²) in [7, 11) is 0. The van der Waals surface area contributed by atoms with E-state index in [2.05, 4.69) is 0 Å². The van der Waals surface area contributed by atoms with Crippen LogP contribution in [-0.2, 0) is 33.6 Å². The Morgan fingerprint density at radius 2 is 1.61 bits per heavy atom. The van der Waals surface area contributed by atoms with Crippen LogP contribution in [0, 0.1) is 5.92 Å². The van der Waals surface area contributed by atoms with Gasteiger partial charge in [-0.05, 0) is 75.6 Å². The van der Waals surface area contributed by atoms with Crippen LogP contribution in [-0.4, -0.2) is 58.9 Å². The first-order chi connectivity index (χ1) is 16.8. The minimum absolute atomic E-state index is 0.0125. The number of benzene rings is 1. The number of hydrogen-bond acceptors (Lipinski definition) is 4. The molecule has 2 aliphatic heterocycles. The van der Waals surface area contributed by atoms with Crippen molar-refractivity contribution in [2.24, 2.45) is 5.92 Å². The van der Waals surface area contributed by atoms with Gasteiger partial charge in [-0.3, -0.25) is 14.5 Å². The van der Waals surface area contributed by atoms with Crippen LogP contribution in [0.4, 0.5) is 22.4 Å². The van der Waals surface area contributed by atoms with Crippen LogP contribution in [0.5, 0.6) is 0 Å². The number of alkyl halides is 4. The number of Topliss-reactive ketones (excluding diaryl/α,β-unsaturated/α-hetero) is 1. The van der Waals surface area contributed by atoms with Crippen LogP contribution < -0.4 is 0 Å². The molecular formula is C26H34F4N2O4. The number of likely N-dealkylation sites (tertiary alicyclic amines) is 2. The Bertz CT molecular complexity index is 966. The van der Waals surface area contributed by atoms with Gasteiger partial charge >= 0.3 is 12.3 Å². The maximum Gasteiger partial charge on any atom is 0.416 e. The fourth-order valence-corrected chi connectivity index (χ4v) is 4.86. The van der Waals surface area contributed by atoms with E-state index >= 15 is 0 Å². The normalized spacial score (nSPS) is 19.5. The van der Waals surface area contributed by atoms with Gasteiger partial charge in [-0.15, -0.1) is 0 Å². The number of amides is 2. The standard InChI is InChI=1S/C26H34F4N2O4/c1-25(2,3)36-24(35)32-8-4-5-22(32)23(34)31-9-6-17(7-10-31)14-21(33)15-18-11-19(16-27)13-20(12-18)26(28,29)30/h11-13,17,22H,4-10,14-16H2,1-3H3/t22-/m1/s1. The average molecular weight is 515 g/mol. The fraction of sp³-hybridized carbons (Fsp3) is 0.654. The quantitative estimate of drug-likeness (QED) is 0.483. The Morgan fingerprint density at radius 1 is 0.972 bits per heavy atom. The Balaban J connectivity index is 1.52.